The number of benzene rings is 2. The molecule has 2 heterocycles. The number of nitrogens with zero attached hydrogens (tertiary/aromatic N) is 2. The summed E-state index contributed by atoms with van der Waals surface area (Å²) in [7, 11) is 0. The second kappa shape index (κ2) is 16.2. The number of aromatic nitrogens is 2. The third-order valence-corrected chi connectivity index (χ3v) is 21.3. The topological polar surface area (TPSA) is 102 Å². The highest BCUT2D eigenvalue weighted by Crippen LogP contribution is 2.78. The lowest BCUT2D eigenvalue weighted by molar-refractivity contribution is -0.251. The number of hydrogen-bond acceptors (Lipinski definition) is 6. The van der Waals surface area contributed by atoms with Crippen LogP contribution < -0.4 is 0 Å². The number of allylic oxidation sites excluding steroid dienone is 1. The van der Waals surface area contributed by atoms with E-state index in [0.29, 0.717) is 41.9 Å². The highest BCUT2D eigenvalue weighted by atomic mass is 16.5. The Balaban J connectivity index is 0.849. The number of ether oxygens (including phenoxy) is 2. The summed E-state index contributed by atoms with van der Waals surface area (Å²) in [5, 5.41) is 0. The van der Waals surface area contributed by atoms with Gasteiger partial charge in [0, 0.05) is 12.0 Å². The zero-order valence-corrected chi connectivity index (χ0v) is 41.3. The summed E-state index contributed by atoms with van der Waals surface area (Å²) in [5.74, 6) is 2.41. The first-order valence-corrected chi connectivity index (χ1v) is 25.8. The predicted octanol–water partition coefficient (Wildman–Crippen LogP) is 12.7. The van der Waals surface area contributed by atoms with Crippen LogP contribution in [0, 0.1) is 73.9 Å². The lowest BCUT2D eigenvalue weighted by Crippen LogP contribution is -2.67. The Hall–Kier alpha value is -4.20. The molecule has 6 aliphatic carbocycles. The van der Waals surface area contributed by atoms with E-state index >= 15 is 4.79 Å². The molecule has 0 bridgehead atoms. The number of esters is 2. The van der Waals surface area contributed by atoms with E-state index in [0.717, 1.165) is 93.4 Å². The molecule has 6 saturated carbocycles. The van der Waals surface area contributed by atoms with E-state index in [1.165, 1.54) is 18.4 Å². The molecule has 8 nitrogen and oxygen atoms in total. The van der Waals surface area contributed by atoms with Crippen molar-refractivity contribution in [3.63, 3.8) is 0 Å². The molecule has 8 heteroatoms. The van der Waals surface area contributed by atoms with Gasteiger partial charge < -0.3 is 19.4 Å². The van der Waals surface area contributed by atoms with Gasteiger partial charge in [-0.25, -0.2) is 4.98 Å². The first kappa shape index (κ1) is 45.6. The van der Waals surface area contributed by atoms with Gasteiger partial charge in [0.2, 0.25) is 5.91 Å². The van der Waals surface area contributed by atoms with Gasteiger partial charge in [0.25, 0.3) is 0 Å². The third-order valence-electron chi connectivity index (χ3n) is 21.3. The fraction of sp³-hybridized carbons (Fsp3) is 0.655. The van der Waals surface area contributed by atoms with Gasteiger partial charge in [0.15, 0.2) is 0 Å². The Morgan fingerprint density at radius 1 is 0.758 bits per heavy atom. The van der Waals surface area contributed by atoms with Crippen LogP contribution in [-0.2, 0) is 30.5 Å². The number of carbonyl (C=O) groups excluding carboxylic acids is 3. The van der Waals surface area contributed by atoms with Crippen LogP contribution in [0.25, 0.3) is 11.3 Å². The van der Waals surface area contributed by atoms with Crippen molar-refractivity contribution in [1.29, 1.82) is 0 Å². The molecule has 2 aromatic carbocycles. The summed E-state index contributed by atoms with van der Waals surface area (Å²) < 4.78 is 12.4. The average molecular weight is 896 g/mol. The second-order valence-corrected chi connectivity index (χ2v) is 24.6. The molecule has 10 rings (SSSR count). The molecule has 1 N–H and O–H groups in total. The first-order valence-electron chi connectivity index (χ1n) is 25.8. The number of imidazole rings is 1. The van der Waals surface area contributed by atoms with Crippen LogP contribution in [0.4, 0.5) is 0 Å². The molecule has 1 aromatic heterocycles. The molecular weight excluding hydrogens is 819 g/mol. The minimum absolute atomic E-state index is 0.0190. The Morgan fingerprint density at radius 2 is 1.47 bits per heavy atom. The molecule has 3 aromatic rings. The summed E-state index contributed by atoms with van der Waals surface area (Å²) in [6, 6.07) is 20.1. The molecular formula is C58H77N3O5. The summed E-state index contributed by atoms with van der Waals surface area (Å²) in [4.78, 5) is 53.8. The number of aromatic amines is 1. The van der Waals surface area contributed by atoms with E-state index in [1.807, 2.05) is 56.4 Å². The Kier molecular flexibility index (Phi) is 11.2. The highest BCUT2D eigenvalue weighted by molar-refractivity contribution is 5.85. The summed E-state index contributed by atoms with van der Waals surface area (Å²) in [6.07, 6.45) is 14.8. The van der Waals surface area contributed by atoms with Gasteiger partial charge >= 0.3 is 11.9 Å². The number of likely N-dealkylation sites (tertiary alicyclic amines) is 1. The zero-order chi connectivity index (χ0) is 46.6. The van der Waals surface area contributed by atoms with Crippen molar-refractivity contribution in [2.75, 3.05) is 6.54 Å². The van der Waals surface area contributed by atoms with Gasteiger partial charge in [-0.2, -0.15) is 0 Å². The average Bonchev–Trinajstić information content (AvgIpc) is 4.07. The van der Waals surface area contributed by atoms with Gasteiger partial charge in [-0.3, -0.25) is 14.4 Å². The molecule has 0 radical (unpaired) electrons. The van der Waals surface area contributed by atoms with Gasteiger partial charge in [0.1, 0.15) is 18.5 Å². The first-order chi connectivity index (χ1) is 31.4. The number of rotatable bonds is 9. The Morgan fingerprint density at radius 3 is 2.18 bits per heavy atom. The fourth-order valence-corrected chi connectivity index (χ4v) is 17.3. The van der Waals surface area contributed by atoms with Crippen LogP contribution in [-0.4, -0.2) is 45.4 Å². The fourth-order valence-electron chi connectivity index (χ4n) is 17.3. The normalized spacial score (nSPS) is 39.6. The molecule has 7 fully saturated rings. The van der Waals surface area contributed by atoms with Gasteiger partial charge in [-0.05, 0) is 153 Å². The van der Waals surface area contributed by atoms with Crippen molar-refractivity contribution in [2.45, 2.75) is 158 Å². The molecule has 1 saturated heterocycles. The van der Waals surface area contributed by atoms with Crippen LogP contribution in [0.3, 0.4) is 0 Å². The van der Waals surface area contributed by atoms with E-state index in [1.54, 1.807) is 0 Å². The molecule has 0 spiro atoms. The van der Waals surface area contributed by atoms with Crippen molar-refractivity contribution in [2.24, 2.45) is 73.9 Å². The van der Waals surface area contributed by atoms with Crippen LogP contribution in [0.2, 0.25) is 0 Å². The molecule has 13 atom stereocenters. The molecule has 7 aliphatic rings. The molecule has 354 valence electrons. The van der Waals surface area contributed by atoms with E-state index < -0.39 is 5.41 Å². The summed E-state index contributed by atoms with van der Waals surface area (Å²) in [5.41, 5.74) is 3.64. The lowest BCUT2D eigenvalue weighted by atomic mass is 9.32. The summed E-state index contributed by atoms with van der Waals surface area (Å²) >= 11 is 0. The SMILES string of the molecule is C=C(C)C1CCC2(C(=O)N3CCCC3c3ncc(-c4ccccc4)[nH]3)CCC3(C)C(CCC4C5(C)CCC(OC(=O)C6CC(C(=O)OCc7ccccc7)C6(C)C)C(C)(C)C5CCC43C)C12. The number of fused-ring (bicyclic) bond motifs is 7. The highest BCUT2D eigenvalue weighted by Gasteiger charge is 2.72. The van der Waals surface area contributed by atoms with Crippen molar-refractivity contribution in [3.05, 3.63) is 90.4 Å². The smallest absolute Gasteiger partial charge is 0.309 e. The largest absolute Gasteiger partial charge is 0.462 e. The maximum atomic E-state index is 15.6. The maximum Gasteiger partial charge on any atom is 0.309 e. The molecule has 1 amide bonds. The second-order valence-electron chi connectivity index (χ2n) is 24.6. The standard InChI is InChI=1S/C58H77N3O5/c1-36(2)39-24-29-58(52(64)61-32-16-21-44(61)49-59-34-43(60-49)38-19-14-11-15-20-38)31-30-56(8)40(48(39)58)22-23-46-55(7)27-26-47(54(5,6)45(55)25-28-57(46,56)9)66-51(63)42-33-41(53(42,3)4)50(62)65-35-37-17-12-10-13-18-37/h10-15,17-20,34,39-42,44-48H,1,16,21-33,35H2,2-9H3,(H,59,60). The maximum absolute atomic E-state index is 15.6. The van der Waals surface area contributed by atoms with E-state index in [4.69, 9.17) is 14.5 Å². The Bertz CT molecular complexity index is 2350. The molecule has 1 aliphatic heterocycles. The monoisotopic (exact) mass is 896 g/mol. The van der Waals surface area contributed by atoms with E-state index in [9.17, 15) is 9.59 Å². The van der Waals surface area contributed by atoms with E-state index in [2.05, 4.69) is 82.3 Å². The van der Waals surface area contributed by atoms with Gasteiger partial charge in [-0.1, -0.05) is 121 Å². The number of nitrogens with one attached hydrogen (secondary N) is 1. The minimum Gasteiger partial charge on any atom is -0.462 e. The molecule has 66 heavy (non-hydrogen) atoms. The van der Waals surface area contributed by atoms with Gasteiger partial charge in [-0.15, -0.1) is 0 Å². The minimum atomic E-state index is -0.522. The Labute approximate surface area is 394 Å². The summed E-state index contributed by atoms with van der Waals surface area (Å²) in [6.45, 7) is 24.7. The van der Waals surface area contributed by atoms with Crippen molar-refractivity contribution in [1.82, 2.24) is 14.9 Å². The number of amides is 1. The zero-order valence-electron chi connectivity index (χ0n) is 41.3. The predicted molar refractivity (Wildman–Crippen MR) is 258 cm³/mol. The molecule has 13 unspecified atom stereocenters. The van der Waals surface area contributed by atoms with Crippen LogP contribution in [0.15, 0.2) is 79.0 Å². The van der Waals surface area contributed by atoms with Crippen LogP contribution in [0.5, 0.6) is 0 Å². The van der Waals surface area contributed by atoms with Crippen molar-refractivity contribution >= 4 is 17.8 Å². The van der Waals surface area contributed by atoms with Crippen LogP contribution in [0.1, 0.15) is 156 Å². The van der Waals surface area contributed by atoms with Crippen molar-refractivity contribution in [3.8, 4) is 11.3 Å². The quantitative estimate of drug-likeness (QED) is 0.170. The lowest BCUT2D eigenvalue weighted by Gasteiger charge is -2.73. The number of hydrogen-bond donors (Lipinski definition) is 1. The van der Waals surface area contributed by atoms with E-state index in [-0.39, 0.29) is 69.6 Å². The van der Waals surface area contributed by atoms with Crippen molar-refractivity contribution < 1.29 is 23.9 Å². The third kappa shape index (κ3) is 6.77. The van der Waals surface area contributed by atoms with Crippen LogP contribution >= 0.6 is 0 Å². The number of carbonyl (C=O) groups is 3. The number of H-pyrrole nitrogens is 1. The van der Waals surface area contributed by atoms with Gasteiger partial charge in [0.05, 0.1) is 35.2 Å².